The van der Waals surface area contributed by atoms with E-state index >= 15 is 0 Å². The Morgan fingerprint density at radius 2 is 1.88 bits per heavy atom. The minimum Gasteiger partial charge on any atom is -0.496 e. The normalized spacial score (nSPS) is 10.5. The fourth-order valence-corrected chi connectivity index (χ4v) is 2.25. The molecule has 0 saturated heterocycles. The van der Waals surface area contributed by atoms with Crippen LogP contribution in [0.2, 0.25) is 0 Å². The van der Waals surface area contributed by atoms with Gasteiger partial charge in [0.05, 0.1) is 42.4 Å². The minimum absolute atomic E-state index is 0.0592. The van der Waals surface area contributed by atoms with Crippen LogP contribution in [0.25, 0.3) is 11.6 Å². The molecule has 7 heteroatoms. The summed E-state index contributed by atoms with van der Waals surface area (Å²) >= 11 is 0. The van der Waals surface area contributed by atoms with Gasteiger partial charge in [-0.1, -0.05) is 12.1 Å². The average Bonchev–Trinajstić information content (AvgIpc) is 2.65. The summed E-state index contributed by atoms with van der Waals surface area (Å²) in [7, 11) is 2.74. The van der Waals surface area contributed by atoms with E-state index in [4.69, 9.17) is 14.7 Å². The van der Waals surface area contributed by atoms with Crippen LogP contribution in [0.5, 0.6) is 11.5 Å². The summed E-state index contributed by atoms with van der Waals surface area (Å²) in [6.45, 7) is 0. The Bertz CT molecular complexity index is 936. The zero-order chi connectivity index (χ0) is 18.4. The molecule has 0 amide bonds. The molecule has 124 valence electrons. The van der Waals surface area contributed by atoms with Crippen LogP contribution in [0.4, 0.5) is 5.69 Å². The van der Waals surface area contributed by atoms with Crippen molar-refractivity contribution in [2.75, 3.05) is 14.2 Å². The summed E-state index contributed by atoms with van der Waals surface area (Å²) in [5.41, 5.74) is 1.30. The van der Waals surface area contributed by atoms with Crippen molar-refractivity contribution in [3.63, 3.8) is 0 Å². The van der Waals surface area contributed by atoms with Gasteiger partial charge < -0.3 is 9.47 Å². The van der Waals surface area contributed by atoms with Crippen molar-refractivity contribution in [2.24, 2.45) is 0 Å². The van der Waals surface area contributed by atoms with E-state index in [1.807, 2.05) is 12.1 Å². The topological polar surface area (TPSA) is 109 Å². The lowest BCUT2D eigenvalue weighted by Gasteiger charge is -2.09. The highest BCUT2D eigenvalue weighted by Crippen LogP contribution is 2.36. The third kappa shape index (κ3) is 3.74. The average molecular weight is 335 g/mol. The molecule has 0 spiro atoms. The Morgan fingerprint density at radius 3 is 2.44 bits per heavy atom. The van der Waals surface area contributed by atoms with Crippen molar-refractivity contribution in [1.82, 2.24) is 0 Å². The van der Waals surface area contributed by atoms with Gasteiger partial charge in [-0.25, -0.2) is 0 Å². The van der Waals surface area contributed by atoms with Gasteiger partial charge in [-0.05, 0) is 23.8 Å². The van der Waals surface area contributed by atoms with Gasteiger partial charge in [-0.15, -0.1) is 0 Å². The van der Waals surface area contributed by atoms with E-state index in [1.54, 1.807) is 24.3 Å². The zero-order valence-electron chi connectivity index (χ0n) is 13.5. The number of hydrogen-bond donors (Lipinski definition) is 0. The molecule has 0 fully saturated rings. The van der Waals surface area contributed by atoms with E-state index in [1.165, 1.54) is 32.4 Å². The summed E-state index contributed by atoms with van der Waals surface area (Å²) in [4.78, 5) is 10.6. The van der Waals surface area contributed by atoms with Crippen LogP contribution in [-0.2, 0) is 0 Å². The number of nitriles is 2. The molecule has 0 aromatic heterocycles. The smallest absolute Gasteiger partial charge is 0.311 e. The quantitative estimate of drug-likeness (QED) is 0.358. The first-order valence-corrected chi connectivity index (χ1v) is 7.06. The number of allylic oxidation sites excluding steroid dienone is 1. The number of nitrogens with zero attached hydrogens (tertiary/aromatic N) is 3. The molecule has 25 heavy (non-hydrogen) atoms. The van der Waals surface area contributed by atoms with Crippen LogP contribution in [-0.4, -0.2) is 19.1 Å². The number of benzene rings is 2. The van der Waals surface area contributed by atoms with Crippen molar-refractivity contribution < 1.29 is 14.4 Å². The summed E-state index contributed by atoms with van der Waals surface area (Å²) in [5, 5.41) is 29.6. The van der Waals surface area contributed by atoms with Crippen molar-refractivity contribution >= 4 is 17.3 Å². The first-order valence-electron chi connectivity index (χ1n) is 7.06. The number of ether oxygens (including phenoxy) is 2. The third-order valence-electron chi connectivity index (χ3n) is 3.45. The molecule has 0 saturated carbocycles. The van der Waals surface area contributed by atoms with Gasteiger partial charge in [0, 0.05) is 17.7 Å². The molecule has 2 rings (SSSR count). The molecule has 0 N–H and O–H groups in total. The Balaban J connectivity index is 2.64. The van der Waals surface area contributed by atoms with Gasteiger partial charge in [0.15, 0.2) is 0 Å². The molecule has 2 aromatic carbocycles. The lowest BCUT2D eigenvalue weighted by Crippen LogP contribution is -1.97. The summed E-state index contributed by atoms with van der Waals surface area (Å²) in [6, 6.07) is 13.3. The molecular formula is C18H13N3O4. The number of nitro groups is 1. The van der Waals surface area contributed by atoms with Crippen molar-refractivity contribution in [3.05, 3.63) is 63.2 Å². The monoisotopic (exact) mass is 335 g/mol. The number of methoxy groups -OCH3 is 2. The summed E-state index contributed by atoms with van der Waals surface area (Å²) in [6.07, 6.45) is 1.47. The summed E-state index contributed by atoms with van der Waals surface area (Å²) < 4.78 is 10.2. The van der Waals surface area contributed by atoms with E-state index in [0.29, 0.717) is 22.4 Å². The lowest BCUT2D eigenvalue weighted by atomic mass is 10.0. The van der Waals surface area contributed by atoms with E-state index in [2.05, 4.69) is 0 Å². The molecule has 0 aliphatic rings. The fourth-order valence-electron chi connectivity index (χ4n) is 2.25. The largest absolute Gasteiger partial charge is 0.496 e. The van der Waals surface area contributed by atoms with Gasteiger partial charge >= 0.3 is 5.69 Å². The predicted molar refractivity (Wildman–Crippen MR) is 90.8 cm³/mol. The molecule has 0 radical (unpaired) electrons. The minimum atomic E-state index is -0.571. The predicted octanol–water partition coefficient (Wildman–Crippen LogP) is 3.55. The lowest BCUT2D eigenvalue weighted by molar-refractivity contribution is -0.385. The molecule has 0 aliphatic heterocycles. The van der Waals surface area contributed by atoms with E-state index in [0.717, 1.165) is 0 Å². The molecule has 0 unspecified atom stereocenters. The first-order chi connectivity index (χ1) is 12.0. The molecule has 7 nitrogen and oxygen atoms in total. The molecule has 0 bridgehead atoms. The number of hydrogen-bond acceptors (Lipinski definition) is 6. The maximum Gasteiger partial charge on any atom is 0.311 e. The number of rotatable bonds is 5. The highest BCUT2D eigenvalue weighted by molar-refractivity contribution is 5.91. The van der Waals surface area contributed by atoms with Gasteiger partial charge in [0.25, 0.3) is 0 Å². The molecule has 0 atom stereocenters. The van der Waals surface area contributed by atoms with Crippen molar-refractivity contribution in [2.45, 2.75) is 0 Å². The van der Waals surface area contributed by atoms with Crippen LogP contribution in [0, 0.1) is 32.8 Å². The first kappa shape index (κ1) is 17.5. The van der Waals surface area contributed by atoms with E-state index in [9.17, 15) is 15.4 Å². The molecule has 0 aliphatic carbocycles. The van der Waals surface area contributed by atoms with Crippen molar-refractivity contribution in [1.29, 1.82) is 10.5 Å². The van der Waals surface area contributed by atoms with E-state index < -0.39 is 4.92 Å². The highest BCUT2D eigenvalue weighted by atomic mass is 16.6. The van der Waals surface area contributed by atoms with Crippen LogP contribution in [0.15, 0.2) is 36.4 Å². The second-order valence-corrected chi connectivity index (χ2v) is 4.89. The third-order valence-corrected chi connectivity index (χ3v) is 3.45. The van der Waals surface area contributed by atoms with Crippen LogP contribution < -0.4 is 9.47 Å². The Kier molecular flexibility index (Phi) is 5.34. The maximum absolute atomic E-state index is 11.2. The van der Waals surface area contributed by atoms with Crippen LogP contribution >= 0.6 is 0 Å². The maximum atomic E-state index is 11.2. The second kappa shape index (κ2) is 7.62. The van der Waals surface area contributed by atoms with Gasteiger partial charge in [-0.3, -0.25) is 10.1 Å². The molecular weight excluding hydrogens is 322 g/mol. The second-order valence-electron chi connectivity index (χ2n) is 4.89. The van der Waals surface area contributed by atoms with Gasteiger partial charge in [0.1, 0.15) is 5.75 Å². The Labute approximate surface area is 144 Å². The zero-order valence-corrected chi connectivity index (χ0v) is 13.5. The van der Waals surface area contributed by atoms with Gasteiger partial charge in [0.2, 0.25) is 5.75 Å². The van der Waals surface area contributed by atoms with E-state index in [-0.39, 0.29) is 17.0 Å². The molecule has 0 heterocycles. The highest BCUT2D eigenvalue weighted by Gasteiger charge is 2.19. The van der Waals surface area contributed by atoms with Crippen LogP contribution in [0.1, 0.15) is 16.7 Å². The number of nitro benzene ring substituents is 1. The van der Waals surface area contributed by atoms with Crippen LogP contribution in [0.3, 0.4) is 0 Å². The van der Waals surface area contributed by atoms with Gasteiger partial charge in [-0.2, -0.15) is 10.5 Å². The fraction of sp³-hybridized carbons (Fsp3) is 0.111. The Morgan fingerprint density at radius 1 is 1.16 bits per heavy atom. The summed E-state index contributed by atoms with van der Waals surface area (Å²) in [5.74, 6) is 0.385. The standard InChI is InChI=1S/C18H13N3O4/c1-24-17-9-18(25-2)16(21(22)23)8-14(17)7-15(11-20)13-5-3-4-12(6-13)10-19/h3-9H,1-2H3/b15-7-. The van der Waals surface area contributed by atoms with Crippen molar-refractivity contribution in [3.8, 4) is 23.6 Å². The Hall–Kier alpha value is -3.84. The SMILES string of the molecule is COc1cc(OC)c([N+](=O)[O-])cc1/C=C(/C#N)c1cccc(C#N)c1. The molecule has 2 aromatic rings.